The minimum absolute atomic E-state index is 0. The van der Waals surface area contributed by atoms with Crippen LogP contribution in [0.3, 0.4) is 0 Å². The third-order valence-electron chi connectivity index (χ3n) is 2.83. The van der Waals surface area contributed by atoms with Crippen molar-refractivity contribution >= 4 is 52.3 Å². The van der Waals surface area contributed by atoms with E-state index in [9.17, 15) is 4.79 Å². The predicted octanol–water partition coefficient (Wildman–Crippen LogP) is 2.80. The van der Waals surface area contributed by atoms with Gasteiger partial charge in [0.25, 0.3) is 0 Å². The molecule has 0 radical (unpaired) electrons. The van der Waals surface area contributed by atoms with E-state index in [-0.39, 0.29) is 36.8 Å². The van der Waals surface area contributed by atoms with E-state index in [0.717, 1.165) is 16.9 Å². The number of carbonyl (C=O) groups excluding carboxylic acids is 1. The van der Waals surface area contributed by atoms with Gasteiger partial charge < -0.3 is 10.6 Å². The van der Waals surface area contributed by atoms with Gasteiger partial charge in [-0.2, -0.15) is 0 Å². The molecule has 118 valence electrons. The molecule has 1 atom stereocenters. The van der Waals surface area contributed by atoms with Crippen LogP contribution in [0.4, 0.5) is 0 Å². The lowest BCUT2D eigenvalue weighted by molar-refractivity contribution is -0.121. The fourth-order valence-electron chi connectivity index (χ4n) is 1.91. The number of hydrogen-bond donors (Lipinski definition) is 2. The van der Waals surface area contributed by atoms with Crippen molar-refractivity contribution in [2.24, 2.45) is 0 Å². The Hall–Kier alpha value is -0.880. The zero-order chi connectivity index (χ0) is 13.7. The molecule has 2 rings (SSSR count). The van der Waals surface area contributed by atoms with Crippen LogP contribution in [0.5, 0.6) is 0 Å². The molecule has 1 aromatic heterocycles. The minimum atomic E-state index is 0. The largest absolute Gasteiger partial charge is 0.353 e. The van der Waals surface area contributed by atoms with Crippen LogP contribution in [-0.4, -0.2) is 30.5 Å². The Labute approximate surface area is 141 Å². The number of fused-ring (bicyclic) bond motifs is 1. The van der Waals surface area contributed by atoms with Crippen molar-refractivity contribution in [2.75, 3.05) is 13.6 Å². The third-order valence-corrected chi connectivity index (χ3v) is 3.89. The standard InChI is InChI=1S/C14H19N3OS.2ClH/c1-10(16-13(18)7-8-15-2)9-14-17-11-5-3-4-6-12(11)19-14;;/h3-6,10,15H,7-9H2,1-2H3,(H,16,18);2*1H. The van der Waals surface area contributed by atoms with Crippen molar-refractivity contribution in [3.8, 4) is 0 Å². The van der Waals surface area contributed by atoms with Crippen LogP contribution < -0.4 is 10.6 Å². The first-order valence-corrected chi connectivity index (χ1v) is 7.29. The Balaban J connectivity index is 0.00000200. The molecule has 2 N–H and O–H groups in total. The average molecular weight is 350 g/mol. The number of nitrogens with zero attached hydrogens (tertiary/aromatic N) is 1. The van der Waals surface area contributed by atoms with Gasteiger partial charge in [-0.1, -0.05) is 12.1 Å². The van der Waals surface area contributed by atoms with Crippen LogP contribution in [0.15, 0.2) is 24.3 Å². The summed E-state index contributed by atoms with van der Waals surface area (Å²) in [7, 11) is 1.85. The van der Waals surface area contributed by atoms with Crippen LogP contribution in [0, 0.1) is 0 Å². The lowest BCUT2D eigenvalue weighted by Crippen LogP contribution is -2.35. The summed E-state index contributed by atoms with van der Waals surface area (Å²) in [5.74, 6) is 0.0861. The lowest BCUT2D eigenvalue weighted by atomic mass is 10.2. The highest BCUT2D eigenvalue weighted by Gasteiger charge is 2.10. The Morgan fingerprint density at radius 3 is 2.71 bits per heavy atom. The van der Waals surface area contributed by atoms with Crippen LogP contribution in [-0.2, 0) is 11.2 Å². The highest BCUT2D eigenvalue weighted by molar-refractivity contribution is 7.18. The van der Waals surface area contributed by atoms with Crippen molar-refractivity contribution < 1.29 is 4.79 Å². The molecule has 1 heterocycles. The number of thiazole rings is 1. The number of aromatic nitrogens is 1. The van der Waals surface area contributed by atoms with Gasteiger partial charge in [-0.3, -0.25) is 4.79 Å². The Morgan fingerprint density at radius 1 is 1.33 bits per heavy atom. The quantitative estimate of drug-likeness (QED) is 0.842. The van der Waals surface area contributed by atoms with E-state index < -0.39 is 0 Å². The summed E-state index contributed by atoms with van der Waals surface area (Å²) >= 11 is 1.70. The van der Waals surface area contributed by atoms with Gasteiger partial charge in [0.1, 0.15) is 0 Å². The summed E-state index contributed by atoms with van der Waals surface area (Å²) in [6, 6.07) is 8.23. The second kappa shape index (κ2) is 9.95. The molecule has 0 saturated carbocycles. The van der Waals surface area contributed by atoms with Gasteiger partial charge in [0.2, 0.25) is 5.91 Å². The monoisotopic (exact) mass is 349 g/mol. The van der Waals surface area contributed by atoms with Crippen molar-refractivity contribution in [1.29, 1.82) is 0 Å². The number of hydrogen-bond acceptors (Lipinski definition) is 4. The van der Waals surface area contributed by atoms with Gasteiger partial charge in [-0.25, -0.2) is 4.98 Å². The van der Waals surface area contributed by atoms with Gasteiger partial charge in [0, 0.05) is 25.4 Å². The highest BCUT2D eigenvalue weighted by Crippen LogP contribution is 2.22. The third kappa shape index (κ3) is 6.18. The van der Waals surface area contributed by atoms with Gasteiger partial charge >= 0.3 is 0 Å². The molecule has 0 bridgehead atoms. The minimum Gasteiger partial charge on any atom is -0.353 e. The Kier molecular flexibility index (Phi) is 9.53. The second-order valence-electron chi connectivity index (χ2n) is 4.60. The summed E-state index contributed by atoms with van der Waals surface area (Å²) in [6.45, 7) is 2.73. The van der Waals surface area contributed by atoms with E-state index >= 15 is 0 Å². The van der Waals surface area contributed by atoms with Crippen LogP contribution in [0.1, 0.15) is 18.4 Å². The van der Waals surface area contributed by atoms with Gasteiger partial charge in [-0.05, 0) is 26.1 Å². The number of amides is 1. The first-order valence-electron chi connectivity index (χ1n) is 6.47. The molecule has 21 heavy (non-hydrogen) atoms. The lowest BCUT2D eigenvalue weighted by Gasteiger charge is -2.12. The van der Waals surface area contributed by atoms with E-state index in [1.165, 1.54) is 4.70 Å². The van der Waals surface area contributed by atoms with E-state index in [4.69, 9.17) is 0 Å². The molecule has 0 spiro atoms. The Morgan fingerprint density at radius 2 is 2.05 bits per heavy atom. The molecule has 2 aromatic rings. The fourth-order valence-corrected chi connectivity index (χ4v) is 3.00. The molecular weight excluding hydrogens is 329 g/mol. The predicted molar refractivity (Wildman–Crippen MR) is 94.0 cm³/mol. The summed E-state index contributed by atoms with van der Waals surface area (Å²) < 4.78 is 1.20. The molecule has 0 saturated heterocycles. The van der Waals surface area contributed by atoms with Crippen molar-refractivity contribution in [3.63, 3.8) is 0 Å². The summed E-state index contributed by atoms with van der Waals surface area (Å²) in [5, 5.41) is 7.04. The van der Waals surface area contributed by atoms with E-state index in [0.29, 0.717) is 13.0 Å². The second-order valence-corrected chi connectivity index (χ2v) is 5.72. The summed E-state index contributed by atoms with van der Waals surface area (Å²) in [4.78, 5) is 16.2. The SMILES string of the molecule is CNCCC(=O)NC(C)Cc1nc2ccccc2s1.Cl.Cl. The van der Waals surface area contributed by atoms with Gasteiger partial charge in [0.15, 0.2) is 0 Å². The molecule has 1 amide bonds. The maximum Gasteiger partial charge on any atom is 0.221 e. The molecular formula is C14H21Cl2N3OS. The summed E-state index contributed by atoms with van der Waals surface area (Å²) in [6.07, 6.45) is 1.30. The van der Waals surface area contributed by atoms with Crippen LogP contribution >= 0.6 is 36.2 Å². The number of nitrogens with one attached hydrogen (secondary N) is 2. The van der Waals surface area contributed by atoms with Crippen LogP contribution in [0.25, 0.3) is 10.2 Å². The maximum absolute atomic E-state index is 11.6. The van der Waals surface area contributed by atoms with Gasteiger partial charge in [0.05, 0.1) is 15.2 Å². The molecule has 0 aliphatic carbocycles. The number of halogens is 2. The zero-order valence-corrected chi connectivity index (χ0v) is 14.5. The van der Waals surface area contributed by atoms with Crippen molar-refractivity contribution in [2.45, 2.75) is 25.8 Å². The Bertz CT molecular complexity index is 529. The normalized spacial score (nSPS) is 11.3. The molecule has 7 heteroatoms. The van der Waals surface area contributed by atoms with Crippen LogP contribution in [0.2, 0.25) is 0 Å². The number of carbonyl (C=O) groups is 1. The maximum atomic E-state index is 11.6. The first kappa shape index (κ1) is 20.1. The molecule has 1 unspecified atom stereocenters. The molecule has 4 nitrogen and oxygen atoms in total. The number of rotatable bonds is 6. The molecule has 1 aromatic carbocycles. The number of benzene rings is 1. The highest BCUT2D eigenvalue weighted by atomic mass is 35.5. The van der Waals surface area contributed by atoms with E-state index in [1.807, 2.05) is 32.2 Å². The first-order chi connectivity index (χ1) is 9.19. The molecule has 0 aliphatic rings. The van der Waals surface area contributed by atoms with Gasteiger partial charge in [-0.15, -0.1) is 36.2 Å². The fraction of sp³-hybridized carbons (Fsp3) is 0.429. The smallest absolute Gasteiger partial charge is 0.221 e. The van der Waals surface area contributed by atoms with E-state index in [1.54, 1.807) is 11.3 Å². The average Bonchev–Trinajstić information content (AvgIpc) is 2.78. The molecule has 0 fully saturated rings. The van der Waals surface area contributed by atoms with E-state index in [2.05, 4.69) is 21.7 Å². The topological polar surface area (TPSA) is 54.0 Å². The summed E-state index contributed by atoms with van der Waals surface area (Å²) in [5.41, 5.74) is 1.04. The van der Waals surface area contributed by atoms with Crippen molar-refractivity contribution in [3.05, 3.63) is 29.3 Å². The van der Waals surface area contributed by atoms with Crippen molar-refractivity contribution in [1.82, 2.24) is 15.6 Å². The zero-order valence-electron chi connectivity index (χ0n) is 12.1. The number of para-hydroxylation sites is 1. The molecule has 0 aliphatic heterocycles.